The molecule has 0 aliphatic heterocycles. The van der Waals surface area contributed by atoms with Crippen molar-refractivity contribution in [2.24, 2.45) is 0 Å². The second-order valence-corrected chi connectivity index (χ2v) is 61.7. The van der Waals surface area contributed by atoms with Crippen LogP contribution in [-0.4, -0.2) is 36.1 Å². The standard InChI is InChI=1S/C53H34N2.C46H44Ge2N2.C40H26/c1-2-17-42(18-3-1)55-50-25-13-12-24-49(50)54-53(55)37-29-27-36(28-30-37)48-34-41(33-39-16-6-7-19-43(39)48)52-46-22-10-8-20-44(46)51(45-21-9-11-23-47(45)52)40-31-26-35-14-4-5-15-38(35)32-40;1-47(2,3)35-21-25-39(26-22-35)49(37-13-9-7-10-14-37)43-31-19-33-18-30-42-44(32-20-34-17-29-41(43)45(33)46(34)42)50(38-15-11-8-12-16-38)40-27-23-36(24-28-40)48(4,5)6;1-2-12-31-26-32(25-22-27(31)10-1)28-20-23-30(24-21-28)39-35-15-5-7-17-37(35)40(38-18-8-6-16-36(38)39)34-19-9-13-29-11-3-4-14-33(29)34/h1-34H;7-32H,1-6H3;1-26H. The summed E-state index contributed by atoms with van der Waals surface area (Å²) in [5, 5.41) is 27.8. The number of aromatic nitrogens is 2. The van der Waals surface area contributed by atoms with Gasteiger partial charge in [0.2, 0.25) is 0 Å². The number of rotatable bonds is 16. The smallest absolute Gasteiger partial charge is 0.145 e. The maximum Gasteiger partial charge on any atom is 0.145 e. The molecule has 0 aliphatic rings. The summed E-state index contributed by atoms with van der Waals surface area (Å²) < 4.78 is 5.30. The molecule has 0 radical (unpaired) electrons. The summed E-state index contributed by atoms with van der Waals surface area (Å²) in [5.74, 6) is 15.7. The Bertz CT molecular complexity index is 9330. The predicted octanol–water partition coefficient (Wildman–Crippen LogP) is 38.2. The van der Waals surface area contributed by atoms with Crippen LogP contribution in [0.4, 0.5) is 34.1 Å². The van der Waals surface area contributed by atoms with Gasteiger partial charge >= 0.3 is 304 Å². The topological polar surface area (TPSA) is 24.3 Å². The first-order valence-corrected chi connectivity index (χ1v) is 65.1. The minimum Gasteiger partial charge on any atom is -0.292 e. The third-order valence-corrected chi connectivity index (χ3v) is 38.2. The molecule has 27 rings (SSSR count). The molecule has 0 fully saturated rings. The summed E-state index contributed by atoms with van der Waals surface area (Å²) in [6.07, 6.45) is 0. The van der Waals surface area contributed by atoms with E-state index in [1.807, 2.05) is 0 Å². The van der Waals surface area contributed by atoms with E-state index >= 15 is 0 Å². The van der Waals surface area contributed by atoms with Crippen molar-refractivity contribution in [1.82, 2.24) is 9.55 Å². The number of anilines is 6. The molecule has 0 aliphatic carbocycles. The first-order chi connectivity index (χ1) is 71.2. The normalized spacial score (nSPS) is 11.8. The predicted molar refractivity (Wildman–Crippen MR) is 631 cm³/mol. The van der Waals surface area contributed by atoms with Gasteiger partial charge in [-0.15, -0.1) is 0 Å². The van der Waals surface area contributed by atoms with Crippen LogP contribution >= 0.6 is 0 Å². The zero-order valence-electron chi connectivity index (χ0n) is 81.9. The Morgan fingerprint density at radius 1 is 0.193 bits per heavy atom. The zero-order chi connectivity index (χ0) is 97.4. The fraction of sp³-hybridized carbons (Fsp3) is 0.0432. The molecular weight excluding hydrogens is 1870 g/mol. The van der Waals surface area contributed by atoms with Gasteiger partial charge in [-0.1, -0.05) is 315 Å². The largest absolute Gasteiger partial charge is 0.292 e. The van der Waals surface area contributed by atoms with E-state index in [9.17, 15) is 0 Å². The Balaban J connectivity index is 0.000000115. The molecule has 0 saturated heterocycles. The van der Waals surface area contributed by atoms with Gasteiger partial charge < -0.3 is 0 Å². The van der Waals surface area contributed by atoms with Crippen LogP contribution in [-0.2, 0) is 0 Å². The Morgan fingerprint density at radius 2 is 0.531 bits per heavy atom. The van der Waals surface area contributed by atoms with E-state index < -0.39 is 26.5 Å². The van der Waals surface area contributed by atoms with Gasteiger partial charge in [0.25, 0.3) is 0 Å². The minimum atomic E-state index is -1.97. The zero-order valence-corrected chi connectivity index (χ0v) is 86.1. The van der Waals surface area contributed by atoms with Crippen LogP contribution in [0.25, 0.3) is 213 Å². The second kappa shape index (κ2) is 37.5. The molecule has 0 amide bonds. The molecule has 0 spiro atoms. The van der Waals surface area contributed by atoms with E-state index in [2.05, 4.69) is 571 Å². The van der Waals surface area contributed by atoms with E-state index in [4.69, 9.17) is 4.98 Å². The molecule has 1 heterocycles. The number of hydrogen-bond donors (Lipinski definition) is 0. The van der Waals surface area contributed by atoms with E-state index in [1.54, 1.807) is 0 Å². The monoisotopic (exact) mass is 1980 g/mol. The third-order valence-electron chi connectivity index (χ3n) is 29.5. The molecule has 0 saturated carbocycles. The van der Waals surface area contributed by atoms with Gasteiger partial charge in [-0.25, -0.2) is 4.98 Å². The summed E-state index contributed by atoms with van der Waals surface area (Å²) in [6, 6.07) is 191. The molecule has 6 heteroatoms. The molecule has 1 aromatic heterocycles. The van der Waals surface area contributed by atoms with Crippen LogP contribution in [0.15, 0.2) is 522 Å². The van der Waals surface area contributed by atoms with Crippen LogP contribution in [0.5, 0.6) is 0 Å². The van der Waals surface area contributed by atoms with Gasteiger partial charge in [-0.05, 0) is 201 Å². The maximum atomic E-state index is 5.13. The number of fused-ring (bicyclic) bond motifs is 9. The minimum absolute atomic E-state index is 0.932. The SMILES string of the molecule is [CH3][Ge]([CH3])([CH3])[c]1ccc(N(c2ccccc2)c2ccc3ccc4c(N(c5ccccc5)c5cc[c]([Ge]([CH3])([CH3])[CH3])cc5)ccc5ccc2c3c54)cc1.c1ccc(-n2c(-c3ccc(-c4cc(-c5c6ccccc6c(-c6ccc7ccccc7c6)c6ccccc56)cc5ccccc45)cc3)nc3ccccc32)cc1.c1ccc2cc(-c3ccc(-c4c5ccccc5c(-c5cccc6ccccc56)c5ccccc45)cc3)ccc2c1. The Labute approximate surface area is 851 Å². The van der Waals surface area contributed by atoms with Crippen LogP contribution < -0.4 is 18.6 Å². The number of nitrogens with zero attached hydrogens (tertiary/aromatic N) is 4. The van der Waals surface area contributed by atoms with Crippen LogP contribution in [0, 0.1) is 0 Å². The molecule has 26 aromatic carbocycles. The Kier molecular flexibility index (Phi) is 23.1. The molecular formula is C139H104Ge2N4. The van der Waals surface area contributed by atoms with Crippen molar-refractivity contribution in [3.05, 3.63) is 522 Å². The second-order valence-electron chi connectivity index (χ2n) is 40.4. The molecule has 688 valence electrons. The summed E-state index contributed by atoms with van der Waals surface area (Å²) in [4.78, 5) is 10.00. The van der Waals surface area contributed by atoms with Crippen LogP contribution in [0.3, 0.4) is 0 Å². The van der Waals surface area contributed by atoms with Crippen molar-refractivity contribution in [3.63, 3.8) is 0 Å². The van der Waals surface area contributed by atoms with Crippen molar-refractivity contribution in [3.8, 4) is 83.8 Å². The van der Waals surface area contributed by atoms with Gasteiger partial charge in [-0.3, -0.25) is 4.57 Å². The van der Waals surface area contributed by atoms with Crippen LogP contribution in [0.2, 0.25) is 34.5 Å². The first kappa shape index (κ1) is 89.4. The number of benzene rings is 26. The molecule has 0 unspecified atom stereocenters. The molecule has 4 nitrogen and oxygen atoms in total. The molecule has 145 heavy (non-hydrogen) atoms. The van der Waals surface area contributed by atoms with Gasteiger partial charge in [0.05, 0.1) is 11.0 Å². The average molecular weight is 1980 g/mol. The Hall–Kier alpha value is -17.0. The summed E-state index contributed by atoms with van der Waals surface area (Å²) in [7, 11) is 0. The van der Waals surface area contributed by atoms with Crippen molar-refractivity contribution >= 4 is 199 Å². The fourth-order valence-electron chi connectivity index (χ4n) is 22.4. The number of imidazole rings is 1. The third kappa shape index (κ3) is 16.6. The summed E-state index contributed by atoms with van der Waals surface area (Å²) in [6.45, 7) is 0. The van der Waals surface area contributed by atoms with Gasteiger partial charge in [0.1, 0.15) is 5.82 Å². The van der Waals surface area contributed by atoms with E-state index in [1.165, 1.54) is 217 Å². The van der Waals surface area contributed by atoms with E-state index in [0.29, 0.717) is 0 Å². The van der Waals surface area contributed by atoms with Crippen molar-refractivity contribution in [2.75, 3.05) is 9.80 Å². The summed E-state index contributed by atoms with van der Waals surface area (Å²) >= 11 is -3.93. The van der Waals surface area contributed by atoms with Gasteiger partial charge in [0, 0.05) is 11.3 Å². The van der Waals surface area contributed by atoms with Crippen LogP contribution in [0.1, 0.15) is 0 Å². The fourth-order valence-corrected chi connectivity index (χ4v) is 27.3. The number of hydrogen-bond acceptors (Lipinski definition) is 3. The molecule has 27 aromatic rings. The van der Waals surface area contributed by atoms with Gasteiger partial charge in [-0.2, -0.15) is 0 Å². The van der Waals surface area contributed by atoms with Crippen molar-refractivity contribution in [2.45, 2.75) is 34.5 Å². The Morgan fingerprint density at radius 3 is 1.03 bits per heavy atom. The van der Waals surface area contributed by atoms with Gasteiger partial charge in [0.15, 0.2) is 0 Å². The molecule has 0 bridgehead atoms. The molecule has 0 N–H and O–H groups in total. The summed E-state index contributed by atoms with van der Waals surface area (Å²) in [5.41, 5.74) is 26.3. The number of para-hydroxylation sites is 5. The average Bonchev–Trinajstić information content (AvgIpc) is 1.12. The maximum absolute atomic E-state index is 5.13. The van der Waals surface area contributed by atoms with E-state index in [-0.39, 0.29) is 0 Å². The molecule has 0 atom stereocenters. The first-order valence-electron chi connectivity index (χ1n) is 50.4. The quantitative estimate of drug-likeness (QED) is 0.0547. The van der Waals surface area contributed by atoms with Crippen molar-refractivity contribution < 1.29 is 0 Å². The van der Waals surface area contributed by atoms with Crippen molar-refractivity contribution in [1.29, 1.82) is 0 Å². The van der Waals surface area contributed by atoms with E-state index in [0.717, 1.165) is 39.5 Å².